The van der Waals surface area contributed by atoms with E-state index in [1.54, 1.807) is 0 Å². The van der Waals surface area contributed by atoms with Crippen LogP contribution < -0.4 is 0 Å². The lowest BCUT2D eigenvalue weighted by Crippen LogP contribution is -2.26. The Kier molecular flexibility index (Phi) is 9.71. The Bertz CT molecular complexity index is 3460. The second kappa shape index (κ2) is 16.4. The maximum absolute atomic E-state index is 5.59. The van der Waals surface area contributed by atoms with Crippen molar-refractivity contribution >= 4 is 22.9 Å². The van der Waals surface area contributed by atoms with E-state index in [2.05, 4.69) is 231 Å². The van der Waals surface area contributed by atoms with Crippen LogP contribution in [0.2, 0.25) is 0 Å². The van der Waals surface area contributed by atoms with Gasteiger partial charge < -0.3 is 0 Å². The summed E-state index contributed by atoms with van der Waals surface area (Å²) in [6, 6.07) is 82.6. The first-order chi connectivity index (χ1) is 33.6. The van der Waals surface area contributed by atoms with E-state index in [1.165, 1.54) is 77.9 Å². The van der Waals surface area contributed by atoms with Crippen LogP contribution in [-0.2, 0) is 5.41 Å². The van der Waals surface area contributed by atoms with Crippen molar-refractivity contribution in [1.82, 2.24) is 0 Å². The fourth-order valence-corrected chi connectivity index (χ4v) is 12.1. The number of aliphatic imine (C=N–C) groups is 3. The van der Waals surface area contributed by atoms with Crippen molar-refractivity contribution < 1.29 is 0 Å². The second-order valence-electron chi connectivity index (χ2n) is 18.9. The Labute approximate surface area is 399 Å². The van der Waals surface area contributed by atoms with Crippen molar-refractivity contribution in [2.24, 2.45) is 20.9 Å². The van der Waals surface area contributed by atoms with Gasteiger partial charge >= 0.3 is 0 Å². The summed E-state index contributed by atoms with van der Waals surface area (Å²) in [5.74, 6) is 1.15. The predicted molar refractivity (Wildman–Crippen MR) is 281 cm³/mol. The molecule has 9 aromatic rings. The molecule has 0 radical (unpaired) electrons. The van der Waals surface area contributed by atoms with Crippen molar-refractivity contribution in [1.29, 1.82) is 0 Å². The molecule has 324 valence electrons. The van der Waals surface area contributed by atoms with Gasteiger partial charge in [-0.1, -0.05) is 219 Å². The fourth-order valence-electron chi connectivity index (χ4n) is 12.1. The van der Waals surface area contributed by atoms with Crippen molar-refractivity contribution in [3.05, 3.63) is 280 Å². The van der Waals surface area contributed by atoms with Gasteiger partial charge in [0, 0.05) is 23.1 Å². The molecule has 0 fully saturated rings. The minimum absolute atomic E-state index is 0.0978. The number of amidine groups is 1. The molecule has 4 aliphatic rings. The van der Waals surface area contributed by atoms with Crippen LogP contribution in [0.4, 0.5) is 5.69 Å². The minimum Gasteiger partial charge on any atom is -0.258 e. The molecule has 2 heterocycles. The number of fused-ring (bicyclic) bond motifs is 11. The zero-order chi connectivity index (χ0) is 45.2. The SMILES string of the molecule is CC1CC(c2ccc3c(c2)C2(c4ccccc4-c4ccccc42)c2cc(-c4ccccc4C4CCC(c5ccccc5)=Nc5ccccc54)ccc2-3)N=C(c2ccccc2)N=C1c1ccccc1. The normalized spacial score (nSPS) is 18.4. The van der Waals surface area contributed by atoms with Gasteiger partial charge in [-0.2, -0.15) is 0 Å². The van der Waals surface area contributed by atoms with E-state index in [4.69, 9.17) is 15.0 Å². The summed E-state index contributed by atoms with van der Waals surface area (Å²) >= 11 is 0. The third kappa shape index (κ3) is 6.44. The lowest BCUT2D eigenvalue weighted by Gasteiger charge is -2.31. The fraction of sp³-hybridized carbons (Fsp3) is 0.123. The first kappa shape index (κ1) is 40.3. The van der Waals surface area contributed by atoms with E-state index in [0.29, 0.717) is 0 Å². The van der Waals surface area contributed by atoms with E-state index in [1.807, 2.05) is 0 Å². The van der Waals surface area contributed by atoms with Gasteiger partial charge in [-0.15, -0.1) is 0 Å². The highest BCUT2D eigenvalue weighted by molar-refractivity contribution is 6.13. The number of hydrogen-bond donors (Lipinski definition) is 0. The number of rotatable bonds is 6. The second-order valence-corrected chi connectivity index (χ2v) is 18.9. The average Bonchev–Trinajstić information content (AvgIpc) is 3.67. The van der Waals surface area contributed by atoms with Crippen molar-refractivity contribution in [3.8, 4) is 33.4 Å². The van der Waals surface area contributed by atoms with Crippen LogP contribution in [-0.4, -0.2) is 17.3 Å². The number of benzene rings is 9. The molecule has 13 rings (SSSR count). The van der Waals surface area contributed by atoms with Crippen LogP contribution in [0.15, 0.2) is 239 Å². The Morgan fingerprint density at radius 1 is 0.426 bits per heavy atom. The Morgan fingerprint density at radius 2 is 0.971 bits per heavy atom. The molecule has 68 heavy (non-hydrogen) atoms. The van der Waals surface area contributed by atoms with Crippen LogP contribution in [0.3, 0.4) is 0 Å². The molecule has 2 aliphatic heterocycles. The smallest absolute Gasteiger partial charge is 0.155 e. The molecule has 0 bridgehead atoms. The standard InChI is InChI=1S/C65H49N3/c1-42-39-62(67-64(45-23-9-4-10-24-45)68-63(42)44-21-7-3-8-22-44)47-34-36-54-53-35-33-46(40-58(53)65(59(54)41-47)56-30-16-13-27-51(56)52-28-14-17-31-57(52)65)48-25-11-12-26-49(48)50-37-38-60(43-19-5-2-6-20-43)66-61-32-18-15-29-55(50)61/h2-36,40-42,50,62H,37-39H2,1H3. The predicted octanol–water partition coefficient (Wildman–Crippen LogP) is 15.8. The molecule has 2 aliphatic carbocycles. The highest BCUT2D eigenvalue weighted by Gasteiger charge is 2.52. The highest BCUT2D eigenvalue weighted by Crippen LogP contribution is 2.63. The van der Waals surface area contributed by atoms with Crippen LogP contribution in [0.1, 0.15) is 93.8 Å². The first-order valence-corrected chi connectivity index (χ1v) is 24.2. The Morgan fingerprint density at radius 3 is 1.68 bits per heavy atom. The Hall–Kier alpha value is -8.01. The molecule has 1 spiro atoms. The van der Waals surface area contributed by atoms with E-state index in [0.717, 1.165) is 53.3 Å². The van der Waals surface area contributed by atoms with Gasteiger partial charge in [0.25, 0.3) is 0 Å². The van der Waals surface area contributed by atoms with Crippen molar-refractivity contribution in [3.63, 3.8) is 0 Å². The lowest BCUT2D eigenvalue weighted by atomic mass is 9.69. The van der Waals surface area contributed by atoms with Crippen LogP contribution in [0, 0.1) is 5.92 Å². The molecule has 3 nitrogen and oxygen atoms in total. The molecule has 3 unspecified atom stereocenters. The van der Waals surface area contributed by atoms with Gasteiger partial charge in [-0.3, -0.25) is 9.98 Å². The summed E-state index contributed by atoms with van der Waals surface area (Å²) in [5, 5.41) is 0. The monoisotopic (exact) mass is 871 g/mol. The number of nitrogens with zero attached hydrogens (tertiary/aromatic N) is 3. The highest BCUT2D eigenvalue weighted by atomic mass is 15.0. The molecule has 0 amide bonds. The van der Waals surface area contributed by atoms with Crippen molar-refractivity contribution in [2.45, 2.75) is 43.6 Å². The zero-order valence-corrected chi connectivity index (χ0v) is 38.1. The van der Waals surface area contributed by atoms with Crippen LogP contribution >= 0.6 is 0 Å². The van der Waals surface area contributed by atoms with Gasteiger partial charge in [0.1, 0.15) is 0 Å². The zero-order valence-electron chi connectivity index (χ0n) is 38.1. The van der Waals surface area contributed by atoms with E-state index in [9.17, 15) is 0 Å². The summed E-state index contributed by atoms with van der Waals surface area (Å²) in [4.78, 5) is 16.3. The van der Waals surface area contributed by atoms with Crippen molar-refractivity contribution in [2.75, 3.05) is 0 Å². The summed E-state index contributed by atoms with van der Waals surface area (Å²) in [6.45, 7) is 2.32. The molecular formula is C65H49N3. The van der Waals surface area contributed by atoms with Gasteiger partial charge in [0.2, 0.25) is 0 Å². The summed E-state index contributed by atoms with van der Waals surface area (Å²) in [5.41, 5.74) is 23.0. The van der Waals surface area contributed by atoms with Crippen LogP contribution in [0.5, 0.6) is 0 Å². The first-order valence-electron chi connectivity index (χ1n) is 24.2. The minimum atomic E-state index is -0.528. The number of para-hydroxylation sites is 1. The lowest BCUT2D eigenvalue weighted by molar-refractivity contribution is 0.580. The summed E-state index contributed by atoms with van der Waals surface area (Å²) in [7, 11) is 0. The van der Waals surface area contributed by atoms with E-state index < -0.39 is 5.41 Å². The molecule has 9 aromatic carbocycles. The number of hydrogen-bond acceptors (Lipinski definition) is 3. The molecule has 3 atom stereocenters. The van der Waals surface area contributed by atoms with E-state index >= 15 is 0 Å². The molecule has 0 saturated heterocycles. The molecule has 0 aromatic heterocycles. The third-order valence-electron chi connectivity index (χ3n) is 15.1. The van der Waals surface area contributed by atoms with Gasteiger partial charge in [-0.05, 0) is 115 Å². The maximum atomic E-state index is 5.59. The largest absolute Gasteiger partial charge is 0.258 e. The topological polar surface area (TPSA) is 37.1 Å². The molecular weight excluding hydrogens is 823 g/mol. The average molecular weight is 872 g/mol. The molecule has 0 N–H and O–H groups in total. The third-order valence-corrected chi connectivity index (χ3v) is 15.1. The molecule has 3 heteroatoms. The quantitative estimate of drug-likeness (QED) is 0.160. The van der Waals surface area contributed by atoms with Gasteiger partial charge in [0.05, 0.1) is 22.9 Å². The summed E-state index contributed by atoms with van der Waals surface area (Å²) < 4.78 is 0. The maximum Gasteiger partial charge on any atom is 0.155 e. The van der Waals surface area contributed by atoms with E-state index in [-0.39, 0.29) is 17.9 Å². The summed E-state index contributed by atoms with van der Waals surface area (Å²) in [6.07, 6.45) is 2.71. The Balaban J connectivity index is 0.969. The van der Waals surface area contributed by atoms with Crippen LogP contribution in [0.25, 0.3) is 33.4 Å². The van der Waals surface area contributed by atoms with Gasteiger partial charge in [-0.25, -0.2) is 4.99 Å². The molecule has 0 saturated carbocycles. The van der Waals surface area contributed by atoms with Gasteiger partial charge in [0.15, 0.2) is 5.84 Å².